The number of nitrogens with zero attached hydrogens (tertiary/aromatic N) is 1. The standard InChI is InChI=1S/C21H16NOS/c1-13-10-11-15-19(18(13)16-8-5-6-12-22(16)2)23-20-14-7-3-4-9-17(14)24-21(15)20/h3-12H,1-2H3/q+1. The van der Waals surface area contributed by atoms with Crippen molar-refractivity contribution in [1.29, 1.82) is 0 Å². The van der Waals surface area contributed by atoms with Crippen LogP contribution in [-0.4, -0.2) is 0 Å². The molecule has 5 aromatic rings. The first-order valence-corrected chi connectivity index (χ1v) is 8.84. The topological polar surface area (TPSA) is 17.0 Å². The van der Waals surface area contributed by atoms with E-state index in [1.807, 2.05) is 17.4 Å². The molecule has 0 radical (unpaired) electrons. The number of hydrogen-bond donors (Lipinski definition) is 0. The van der Waals surface area contributed by atoms with Gasteiger partial charge in [-0.1, -0.05) is 18.2 Å². The molecule has 0 aliphatic rings. The highest BCUT2D eigenvalue weighted by Gasteiger charge is 2.21. The summed E-state index contributed by atoms with van der Waals surface area (Å²) >= 11 is 1.81. The maximum Gasteiger partial charge on any atom is 0.216 e. The zero-order valence-electron chi connectivity index (χ0n) is 13.5. The van der Waals surface area contributed by atoms with Gasteiger partial charge < -0.3 is 4.42 Å². The van der Waals surface area contributed by atoms with E-state index in [-0.39, 0.29) is 0 Å². The summed E-state index contributed by atoms with van der Waals surface area (Å²) in [6, 6.07) is 19.1. The maximum atomic E-state index is 6.42. The Labute approximate surface area is 143 Å². The minimum atomic E-state index is 0.990. The van der Waals surface area contributed by atoms with E-state index in [4.69, 9.17) is 4.42 Å². The second kappa shape index (κ2) is 4.92. The third kappa shape index (κ3) is 1.79. The number of furan rings is 1. The minimum Gasteiger partial charge on any atom is -0.454 e. The van der Waals surface area contributed by atoms with Crippen molar-refractivity contribution in [1.82, 2.24) is 0 Å². The van der Waals surface area contributed by atoms with E-state index >= 15 is 0 Å². The van der Waals surface area contributed by atoms with Crippen LogP contribution >= 0.6 is 11.3 Å². The van der Waals surface area contributed by atoms with Gasteiger partial charge in [-0.25, -0.2) is 4.57 Å². The molecular weight excluding hydrogens is 314 g/mol. The summed E-state index contributed by atoms with van der Waals surface area (Å²) in [5, 5.41) is 2.41. The SMILES string of the molecule is Cc1ccc2c(oc3c4ccccc4sc23)c1-c1cccc[n+]1C. The Morgan fingerprint density at radius 3 is 2.58 bits per heavy atom. The van der Waals surface area contributed by atoms with Crippen LogP contribution in [0, 0.1) is 6.92 Å². The fourth-order valence-electron chi connectivity index (χ4n) is 3.47. The number of rotatable bonds is 1. The Morgan fingerprint density at radius 2 is 1.71 bits per heavy atom. The Kier molecular flexibility index (Phi) is 2.82. The Morgan fingerprint density at radius 1 is 0.875 bits per heavy atom. The fourth-order valence-corrected chi connectivity index (χ4v) is 4.62. The highest BCUT2D eigenvalue weighted by atomic mass is 32.1. The van der Waals surface area contributed by atoms with Gasteiger partial charge in [-0.15, -0.1) is 11.3 Å². The number of thiophene rings is 1. The number of aromatic nitrogens is 1. The number of benzene rings is 2. The molecule has 0 saturated carbocycles. The predicted molar refractivity (Wildman–Crippen MR) is 100 cm³/mol. The van der Waals surface area contributed by atoms with Gasteiger partial charge in [0.25, 0.3) is 0 Å². The highest BCUT2D eigenvalue weighted by molar-refractivity contribution is 7.26. The molecule has 0 amide bonds. The molecule has 3 heteroatoms. The summed E-state index contributed by atoms with van der Waals surface area (Å²) in [5.74, 6) is 0. The van der Waals surface area contributed by atoms with Crippen molar-refractivity contribution in [3.05, 3.63) is 66.4 Å². The van der Waals surface area contributed by atoms with E-state index < -0.39 is 0 Å². The molecule has 0 bridgehead atoms. The van der Waals surface area contributed by atoms with E-state index in [1.165, 1.54) is 37.0 Å². The normalized spacial score (nSPS) is 11.8. The number of aryl methyl sites for hydroxylation is 2. The molecule has 0 aliphatic carbocycles. The van der Waals surface area contributed by atoms with Crippen LogP contribution in [0.15, 0.2) is 65.2 Å². The number of hydrogen-bond acceptors (Lipinski definition) is 2. The van der Waals surface area contributed by atoms with Crippen molar-refractivity contribution < 1.29 is 8.98 Å². The Balaban J connectivity index is 1.96. The molecule has 3 aromatic heterocycles. The second-order valence-corrected chi connectivity index (χ2v) is 7.24. The summed E-state index contributed by atoms with van der Waals surface area (Å²) in [6.45, 7) is 2.15. The van der Waals surface area contributed by atoms with E-state index in [0.717, 1.165) is 11.2 Å². The lowest BCUT2D eigenvalue weighted by atomic mass is 10.0. The highest BCUT2D eigenvalue weighted by Crippen LogP contribution is 2.43. The molecule has 116 valence electrons. The second-order valence-electron chi connectivity index (χ2n) is 6.19. The molecule has 0 fully saturated rings. The molecule has 0 N–H and O–H groups in total. The van der Waals surface area contributed by atoms with Crippen LogP contribution < -0.4 is 4.57 Å². The lowest BCUT2D eigenvalue weighted by Gasteiger charge is -2.05. The van der Waals surface area contributed by atoms with Crippen LogP contribution in [0.25, 0.3) is 42.6 Å². The molecule has 0 spiro atoms. The molecule has 2 aromatic carbocycles. The summed E-state index contributed by atoms with van der Waals surface area (Å²) < 4.78 is 11.1. The van der Waals surface area contributed by atoms with Crippen LogP contribution in [0.5, 0.6) is 0 Å². The summed E-state index contributed by atoms with van der Waals surface area (Å²) in [4.78, 5) is 0. The lowest BCUT2D eigenvalue weighted by molar-refractivity contribution is -0.660. The molecular formula is C21H16NOS+. The molecule has 3 heterocycles. The molecule has 0 atom stereocenters. The lowest BCUT2D eigenvalue weighted by Crippen LogP contribution is -2.30. The fraction of sp³-hybridized carbons (Fsp3) is 0.0952. The largest absolute Gasteiger partial charge is 0.454 e. The average molecular weight is 330 g/mol. The monoisotopic (exact) mass is 330 g/mol. The van der Waals surface area contributed by atoms with Gasteiger partial charge in [0.05, 0.1) is 10.3 Å². The molecule has 24 heavy (non-hydrogen) atoms. The van der Waals surface area contributed by atoms with Crippen molar-refractivity contribution in [2.45, 2.75) is 6.92 Å². The molecule has 0 unspecified atom stereocenters. The first kappa shape index (κ1) is 13.8. The maximum absolute atomic E-state index is 6.42. The molecule has 5 rings (SSSR count). The number of fused-ring (bicyclic) bond motifs is 5. The van der Waals surface area contributed by atoms with Gasteiger partial charge in [-0.05, 0) is 36.8 Å². The summed E-state index contributed by atoms with van der Waals surface area (Å²) in [5.41, 5.74) is 5.59. The van der Waals surface area contributed by atoms with Crippen LogP contribution in [0.3, 0.4) is 0 Å². The van der Waals surface area contributed by atoms with Crippen LogP contribution in [-0.2, 0) is 7.05 Å². The van der Waals surface area contributed by atoms with Gasteiger partial charge in [0.1, 0.15) is 12.6 Å². The first-order valence-electron chi connectivity index (χ1n) is 8.02. The van der Waals surface area contributed by atoms with Gasteiger partial charge in [0.15, 0.2) is 11.8 Å². The Bertz CT molecular complexity index is 1230. The third-order valence-corrected chi connectivity index (χ3v) is 5.86. The minimum absolute atomic E-state index is 0.990. The Hall–Kier alpha value is -2.65. The smallest absolute Gasteiger partial charge is 0.216 e. The van der Waals surface area contributed by atoms with Crippen LogP contribution in [0.4, 0.5) is 0 Å². The quantitative estimate of drug-likeness (QED) is 0.366. The van der Waals surface area contributed by atoms with Gasteiger partial charge in [0.2, 0.25) is 5.69 Å². The number of pyridine rings is 1. The van der Waals surface area contributed by atoms with Crippen molar-refractivity contribution in [2.24, 2.45) is 7.05 Å². The predicted octanol–water partition coefficient (Wildman–Crippen LogP) is 5.60. The van der Waals surface area contributed by atoms with Crippen LogP contribution in [0.1, 0.15) is 5.56 Å². The molecule has 0 saturated heterocycles. The summed E-state index contributed by atoms with van der Waals surface area (Å²) in [7, 11) is 2.08. The zero-order valence-corrected chi connectivity index (χ0v) is 14.4. The van der Waals surface area contributed by atoms with Crippen molar-refractivity contribution >= 4 is 42.7 Å². The van der Waals surface area contributed by atoms with E-state index in [2.05, 4.69) is 73.3 Å². The molecule has 2 nitrogen and oxygen atoms in total. The third-order valence-electron chi connectivity index (χ3n) is 4.68. The van der Waals surface area contributed by atoms with Crippen molar-refractivity contribution in [3.63, 3.8) is 0 Å². The van der Waals surface area contributed by atoms with Crippen molar-refractivity contribution in [2.75, 3.05) is 0 Å². The average Bonchev–Trinajstić information content (AvgIpc) is 3.12. The van der Waals surface area contributed by atoms with Crippen molar-refractivity contribution in [3.8, 4) is 11.3 Å². The molecule has 0 aliphatic heterocycles. The zero-order chi connectivity index (χ0) is 16.3. The van der Waals surface area contributed by atoms with E-state index in [0.29, 0.717) is 0 Å². The van der Waals surface area contributed by atoms with Gasteiger partial charge >= 0.3 is 0 Å². The van der Waals surface area contributed by atoms with Gasteiger partial charge in [0, 0.05) is 27.6 Å². The van der Waals surface area contributed by atoms with Gasteiger partial charge in [-0.3, -0.25) is 0 Å². The van der Waals surface area contributed by atoms with Gasteiger partial charge in [-0.2, -0.15) is 0 Å². The van der Waals surface area contributed by atoms with E-state index in [1.54, 1.807) is 0 Å². The van der Waals surface area contributed by atoms with Crippen LogP contribution in [0.2, 0.25) is 0 Å². The first-order chi connectivity index (χ1) is 11.7. The van der Waals surface area contributed by atoms with E-state index in [9.17, 15) is 0 Å². The summed E-state index contributed by atoms with van der Waals surface area (Å²) in [6.07, 6.45) is 2.08.